The quantitative estimate of drug-likeness (QED) is 0.857. The Hall–Kier alpha value is -1.11. The average molecular weight is 271 g/mol. The summed E-state index contributed by atoms with van der Waals surface area (Å²) in [4.78, 5) is 0.0721. The van der Waals surface area contributed by atoms with Crippen molar-refractivity contribution in [1.29, 1.82) is 0 Å². The van der Waals surface area contributed by atoms with Crippen molar-refractivity contribution in [3.63, 3.8) is 0 Å². The van der Waals surface area contributed by atoms with Gasteiger partial charge in [0.1, 0.15) is 5.75 Å². The molecule has 2 rings (SSSR count). The van der Waals surface area contributed by atoms with Gasteiger partial charge in [0.05, 0.1) is 11.5 Å². The number of rotatable bonds is 3. The first kappa shape index (κ1) is 13.3. The van der Waals surface area contributed by atoms with Crippen LogP contribution in [0, 0.1) is 0 Å². The Kier molecular flexibility index (Phi) is 3.89. The van der Waals surface area contributed by atoms with Gasteiger partial charge >= 0.3 is 0 Å². The molecule has 0 radical (unpaired) electrons. The molecule has 6 heteroatoms. The number of sulfonamides is 1. The Morgan fingerprint density at radius 3 is 2.78 bits per heavy atom. The second kappa shape index (κ2) is 5.26. The van der Waals surface area contributed by atoms with Gasteiger partial charge in [-0.2, -0.15) is 4.31 Å². The number of nitrogens with zero attached hydrogens (tertiary/aromatic N) is 1. The van der Waals surface area contributed by atoms with Crippen LogP contribution in [0.25, 0.3) is 0 Å². The molecule has 0 amide bonds. The number of hydrogen-bond acceptors (Lipinski definition) is 4. The third-order valence-electron chi connectivity index (χ3n) is 3.21. The first-order chi connectivity index (χ1) is 8.55. The van der Waals surface area contributed by atoms with Crippen LogP contribution < -0.4 is 0 Å². The monoisotopic (exact) mass is 271 g/mol. The third-order valence-corrected chi connectivity index (χ3v) is 5.16. The lowest BCUT2D eigenvalue weighted by Crippen LogP contribution is -2.45. The molecule has 18 heavy (non-hydrogen) atoms. The van der Waals surface area contributed by atoms with Crippen LogP contribution in [0.1, 0.15) is 19.3 Å². The molecule has 1 aliphatic heterocycles. The molecule has 1 aliphatic rings. The van der Waals surface area contributed by atoms with E-state index < -0.39 is 10.0 Å². The number of benzene rings is 1. The zero-order chi connectivity index (χ0) is 13.2. The number of aliphatic hydroxyl groups excluding tert-OH is 1. The second-order valence-electron chi connectivity index (χ2n) is 4.45. The average Bonchev–Trinajstić information content (AvgIpc) is 2.38. The van der Waals surface area contributed by atoms with Gasteiger partial charge in [0, 0.05) is 12.6 Å². The molecule has 1 aromatic rings. The van der Waals surface area contributed by atoms with Crippen LogP contribution in [0.5, 0.6) is 5.75 Å². The highest BCUT2D eigenvalue weighted by Crippen LogP contribution is 2.26. The molecular formula is C12H17NO4S. The van der Waals surface area contributed by atoms with Crippen molar-refractivity contribution in [1.82, 2.24) is 4.31 Å². The van der Waals surface area contributed by atoms with E-state index in [2.05, 4.69) is 0 Å². The summed E-state index contributed by atoms with van der Waals surface area (Å²) in [6.07, 6.45) is 2.40. The zero-order valence-corrected chi connectivity index (χ0v) is 10.8. The van der Waals surface area contributed by atoms with Crippen LogP contribution >= 0.6 is 0 Å². The standard InChI is InChI=1S/C12H17NO4S/c14-9-10-4-1-2-7-13(10)18(16,17)12-6-3-5-11(15)8-12/h3,5-6,8,10,14-15H,1-2,4,7,9H2. The summed E-state index contributed by atoms with van der Waals surface area (Å²) in [5.74, 6) is -0.0753. The molecule has 0 saturated carbocycles. The minimum absolute atomic E-state index is 0.0721. The highest BCUT2D eigenvalue weighted by atomic mass is 32.2. The predicted octanol–water partition coefficient (Wildman–Crippen LogP) is 0.928. The minimum atomic E-state index is -3.63. The van der Waals surface area contributed by atoms with Gasteiger partial charge in [0.25, 0.3) is 0 Å². The van der Waals surface area contributed by atoms with Crippen molar-refractivity contribution in [2.24, 2.45) is 0 Å². The van der Waals surface area contributed by atoms with Crippen molar-refractivity contribution < 1.29 is 18.6 Å². The molecule has 1 aromatic carbocycles. The molecule has 5 nitrogen and oxygen atoms in total. The van der Waals surface area contributed by atoms with Gasteiger partial charge in [0.15, 0.2) is 0 Å². The van der Waals surface area contributed by atoms with E-state index in [4.69, 9.17) is 0 Å². The van der Waals surface area contributed by atoms with Crippen LogP contribution in [-0.2, 0) is 10.0 Å². The summed E-state index contributed by atoms with van der Waals surface area (Å²) in [6.45, 7) is 0.251. The number of phenols is 1. The van der Waals surface area contributed by atoms with E-state index in [0.717, 1.165) is 12.8 Å². The first-order valence-electron chi connectivity index (χ1n) is 5.97. The largest absolute Gasteiger partial charge is 0.508 e. The van der Waals surface area contributed by atoms with Crippen molar-refractivity contribution >= 4 is 10.0 Å². The lowest BCUT2D eigenvalue weighted by molar-refractivity contribution is 0.155. The molecule has 0 aromatic heterocycles. The molecule has 1 atom stereocenters. The van der Waals surface area contributed by atoms with E-state index in [1.165, 1.54) is 28.6 Å². The summed E-state index contributed by atoms with van der Waals surface area (Å²) < 4.78 is 26.2. The van der Waals surface area contributed by atoms with Crippen LogP contribution in [-0.4, -0.2) is 42.1 Å². The fraction of sp³-hybridized carbons (Fsp3) is 0.500. The fourth-order valence-electron chi connectivity index (χ4n) is 2.25. The summed E-state index contributed by atoms with van der Waals surface area (Å²) in [5, 5.41) is 18.6. The number of phenolic OH excluding ortho intramolecular Hbond substituents is 1. The smallest absolute Gasteiger partial charge is 0.243 e. The van der Waals surface area contributed by atoms with E-state index in [0.29, 0.717) is 13.0 Å². The third kappa shape index (κ3) is 2.50. The van der Waals surface area contributed by atoms with E-state index in [9.17, 15) is 18.6 Å². The Morgan fingerprint density at radius 2 is 2.11 bits per heavy atom. The maximum absolute atomic E-state index is 12.4. The van der Waals surface area contributed by atoms with E-state index >= 15 is 0 Å². The molecule has 100 valence electrons. The zero-order valence-electron chi connectivity index (χ0n) is 9.99. The van der Waals surface area contributed by atoms with Crippen LogP contribution in [0.15, 0.2) is 29.2 Å². The number of hydrogen-bond donors (Lipinski definition) is 2. The molecule has 0 spiro atoms. The number of aliphatic hydroxyl groups is 1. The molecule has 1 unspecified atom stereocenters. The number of piperidine rings is 1. The molecule has 0 aliphatic carbocycles. The lowest BCUT2D eigenvalue weighted by atomic mass is 10.1. The summed E-state index contributed by atoms with van der Waals surface area (Å²) in [6, 6.07) is 5.26. The van der Waals surface area contributed by atoms with E-state index in [-0.39, 0.29) is 23.3 Å². The van der Waals surface area contributed by atoms with Gasteiger partial charge < -0.3 is 10.2 Å². The van der Waals surface area contributed by atoms with Crippen molar-refractivity contribution in [3.05, 3.63) is 24.3 Å². The van der Waals surface area contributed by atoms with Crippen LogP contribution in [0.2, 0.25) is 0 Å². The highest BCUT2D eigenvalue weighted by Gasteiger charge is 2.33. The van der Waals surface area contributed by atoms with Crippen molar-refractivity contribution in [3.8, 4) is 5.75 Å². The van der Waals surface area contributed by atoms with Gasteiger partial charge in [0.2, 0.25) is 10.0 Å². The topological polar surface area (TPSA) is 77.8 Å². The van der Waals surface area contributed by atoms with Crippen LogP contribution in [0.3, 0.4) is 0 Å². The van der Waals surface area contributed by atoms with E-state index in [1.54, 1.807) is 0 Å². The van der Waals surface area contributed by atoms with Crippen LogP contribution in [0.4, 0.5) is 0 Å². The second-order valence-corrected chi connectivity index (χ2v) is 6.34. The Morgan fingerprint density at radius 1 is 1.33 bits per heavy atom. The maximum atomic E-state index is 12.4. The summed E-state index contributed by atoms with van der Waals surface area (Å²) >= 11 is 0. The molecule has 0 bridgehead atoms. The van der Waals surface area contributed by atoms with Crippen molar-refractivity contribution in [2.75, 3.05) is 13.2 Å². The molecular weight excluding hydrogens is 254 g/mol. The summed E-state index contributed by atoms with van der Waals surface area (Å²) in [5.41, 5.74) is 0. The van der Waals surface area contributed by atoms with Gasteiger partial charge in [-0.15, -0.1) is 0 Å². The van der Waals surface area contributed by atoms with E-state index in [1.807, 2.05) is 0 Å². The fourth-order valence-corrected chi connectivity index (χ4v) is 3.98. The SMILES string of the molecule is O=S(=O)(c1cccc(O)c1)N1CCCCC1CO. The predicted molar refractivity (Wildman–Crippen MR) is 66.7 cm³/mol. The Labute approximate surface area is 107 Å². The van der Waals surface area contributed by atoms with Gasteiger partial charge in [-0.25, -0.2) is 8.42 Å². The number of aromatic hydroxyl groups is 1. The normalized spacial score (nSPS) is 21.9. The Balaban J connectivity index is 2.35. The molecule has 1 fully saturated rings. The maximum Gasteiger partial charge on any atom is 0.243 e. The Bertz CT molecular complexity index is 515. The highest BCUT2D eigenvalue weighted by molar-refractivity contribution is 7.89. The molecule has 2 N–H and O–H groups in total. The lowest BCUT2D eigenvalue weighted by Gasteiger charge is -2.33. The molecule has 1 saturated heterocycles. The molecule has 1 heterocycles. The van der Waals surface area contributed by atoms with Crippen molar-refractivity contribution in [2.45, 2.75) is 30.2 Å². The van der Waals surface area contributed by atoms with Gasteiger partial charge in [-0.05, 0) is 31.0 Å². The first-order valence-corrected chi connectivity index (χ1v) is 7.41. The minimum Gasteiger partial charge on any atom is -0.508 e. The van der Waals surface area contributed by atoms with Gasteiger partial charge in [-0.1, -0.05) is 12.5 Å². The summed E-state index contributed by atoms with van der Waals surface area (Å²) in [7, 11) is -3.63. The van der Waals surface area contributed by atoms with Gasteiger partial charge in [-0.3, -0.25) is 0 Å².